The van der Waals surface area contributed by atoms with Gasteiger partial charge in [-0.1, -0.05) is 20.3 Å². The van der Waals surface area contributed by atoms with Gasteiger partial charge in [-0.25, -0.2) is 0 Å². The maximum atomic E-state index is 9.88. The summed E-state index contributed by atoms with van der Waals surface area (Å²) in [6.45, 7) is 4.24. The molecule has 0 aromatic heterocycles. The van der Waals surface area contributed by atoms with Gasteiger partial charge in [0.2, 0.25) is 0 Å². The van der Waals surface area contributed by atoms with E-state index in [0.717, 1.165) is 19.3 Å². The van der Waals surface area contributed by atoms with Crippen LogP contribution < -0.4 is 0 Å². The normalized spacial score (nSPS) is 37.1. The Kier molecular flexibility index (Phi) is 5.82. The zero-order chi connectivity index (χ0) is 13.0. The van der Waals surface area contributed by atoms with Gasteiger partial charge in [-0.05, 0) is 12.8 Å². The topological polar surface area (TPSA) is 84.2 Å². The Morgan fingerprint density at radius 3 is 2.29 bits per heavy atom. The molecule has 102 valence electrons. The average Bonchev–Trinajstić information content (AvgIpc) is 2.33. The molecule has 0 aromatic rings. The fraction of sp³-hybridized carbons (Fsp3) is 1.00. The van der Waals surface area contributed by atoms with E-state index in [4.69, 9.17) is 0 Å². The van der Waals surface area contributed by atoms with Crippen molar-refractivity contribution in [2.75, 3.05) is 13.2 Å². The zero-order valence-corrected chi connectivity index (χ0v) is 10.7. The summed E-state index contributed by atoms with van der Waals surface area (Å²) in [5, 5.41) is 38.6. The molecule has 1 saturated heterocycles. The van der Waals surface area contributed by atoms with Crippen LogP contribution in [0, 0.1) is 0 Å². The molecule has 0 aliphatic carbocycles. The van der Waals surface area contributed by atoms with Crippen molar-refractivity contribution in [3.05, 3.63) is 0 Å². The molecule has 0 bridgehead atoms. The first-order chi connectivity index (χ1) is 8.06. The Labute approximate surface area is 103 Å². The van der Waals surface area contributed by atoms with Crippen molar-refractivity contribution in [2.24, 2.45) is 0 Å². The van der Waals surface area contributed by atoms with Crippen LogP contribution in [0.15, 0.2) is 0 Å². The van der Waals surface area contributed by atoms with Gasteiger partial charge in [-0.2, -0.15) is 0 Å². The monoisotopic (exact) mass is 247 g/mol. The second-order valence-electron chi connectivity index (χ2n) is 4.85. The van der Waals surface area contributed by atoms with Crippen molar-refractivity contribution in [1.29, 1.82) is 0 Å². The highest BCUT2D eigenvalue weighted by molar-refractivity contribution is 4.96. The molecule has 1 aliphatic rings. The lowest BCUT2D eigenvalue weighted by atomic mass is 9.91. The minimum absolute atomic E-state index is 0.203. The van der Waals surface area contributed by atoms with Crippen LogP contribution in [0.2, 0.25) is 0 Å². The smallest absolute Gasteiger partial charge is 0.109 e. The molecule has 0 spiro atoms. The van der Waals surface area contributed by atoms with Crippen molar-refractivity contribution in [3.8, 4) is 0 Å². The van der Waals surface area contributed by atoms with E-state index in [0.29, 0.717) is 6.54 Å². The van der Waals surface area contributed by atoms with Gasteiger partial charge >= 0.3 is 0 Å². The summed E-state index contributed by atoms with van der Waals surface area (Å²) in [6, 6.07) is -0.251. The van der Waals surface area contributed by atoms with Gasteiger partial charge in [0.1, 0.15) is 12.2 Å². The average molecular weight is 247 g/mol. The van der Waals surface area contributed by atoms with E-state index in [1.807, 2.05) is 4.90 Å². The van der Waals surface area contributed by atoms with Crippen molar-refractivity contribution >= 4 is 0 Å². The highest BCUT2D eigenvalue weighted by atomic mass is 16.4. The lowest BCUT2D eigenvalue weighted by molar-refractivity contribution is -0.155. The molecule has 1 unspecified atom stereocenters. The molecule has 0 radical (unpaired) electrons. The lowest BCUT2D eigenvalue weighted by Crippen LogP contribution is -2.64. The third-order valence-corrected chi connectivity index (χ3v) is 3.71. The second-order valence-corrected chi connectivity index (χ2v) is 4.85. The summed E-state index contributed by atoms with van der Waals surface area (Å²) < 4.78 is 0. The van der Waals surface area contributed by atoms with Crippen LogP contribution in [0.25, 0.3) is 0 Å². The molecule has 1 aliphatic heterocycles. The van der Waals surface area contributed by atoms with E-state index >= 15 is 0 Å². The number of rotatable bonds is 5. The number of nitrogens with zero attached hydrogens (tertiary/aromatic N) is 1. The maximum Gasteiger partial charge on any atom is 0.109 e. The van der Waals surface area contributed by atoms with E-state index in [9.17, 15) is 20.4 Å². The van der Waals surface area contributed by atoms with Crippen LogP contribution in [0.1, 0.15) is 33.1 Å². The molecule has 0 aromatic carbocycles. The molecule has 17 heavy (non-hydrogen) atoms. The largest absolute Gasteiger partial charge is 0.395 e. The summed E-state index contributed by atoms with van der Waals surface area (Å²) in [4.78, 5) is 1.94. The number of β-amino-alcohol motifs (C(OH)–C–C–N with tert-alkyl or cyclic N) is 1. The number of likely N-dealkylation sites (tertiary alicyclic amines) is 1. The molecular weight excluding hydrogens is 222 g/mol. The number of aliphatic hydroxyl groups is 4. The fourth-order valence-electron chi connectivity index (χ4n) is 2.68. The van der Waals surface area contributed by atoms with Gasteiger partial charge in [0.25, 0.3) is 0 Å². The third-order valence-electron chi connectivity index (χ3n) is 3.71. The summed E-state index contributed by atoms with van der Waals surface area (Å²) in [5.74, 6) is 0. The summed E-state index contributed by atoms with van der Waals surface area (Å²) in [6.07, 6.45) is -0.319. The first-order valence-electron chi connectivity index (χ1n) is 6.47. The highest BCUT2D eigenvalue weighted by Crippen LogP contribution is 2.24. The fourth-order valence-corrected chi connectivity index (χ4v) is 2.68. The Morgan fingerprint density at radius 1 is 1.18 bits per heavy atom. The number of piperidine rings is 1. The van der Waals surface area contributed by atoms with Crippen LogP contribution in [-0.4, -0.2) is 68.9 Å². The number of hydrogen-bond donors (Lipinski definition) is 4. The van der Waals surface area contributed by atoms with E-state index < -0.39 is 24.4 Å². The van der Waals surface area contributed by atoms with Crippen LogP contribution in [0.5, 0.6) is 0 Å². The molecule has 4 N–H and O–H groups in total. The summed E-state index contributed by atoms with van der Waals surface area (Å²) in [5.41, 5.74) is 0. The van der Waals surface area contributed by atoms with E-state index in [2.05, 4.69) is 13.8 Å². The molecule has 5 nitrogen and oxygen atoms in total. The van der Waals surface area contributed by atoms with Gasteiger partial charge in [0, 0.05) is 12.6 Å². The van der Waals surface area contributed by atoms with Crippen molar-refractivity contribution in [1.82, 2.24) is 4.90 Å². The lowest BCUT2D eigenvalue weighted by Gasteiger charge is -2.46. The molecule has 1 rings (SSSR count). The molecule has 0 amide bonds. The van der Waals surface area contributed by atoms with Crippen LogP contribution in [-0.2, 0) is 0 Å². The summed E-state index contributed by atoms with van der Waals surface area (Å²) in [7, 11) is 0. The van der Waals surface area contributed by atoms with E-state index in [-0.39, 0.29) is 12.6 Å². The van der Waals surface area contributed by atoms with Gasteiger partial charge in [-0.15, -0.1) is 0 Å². The quantitative estimate of drug-likeness (QED) is 0.517. The highest BCUT2D eigenvalue weighted by Gasteiger charge is 2.42. The Bertz CT molecular complexity index is 227. The first kappa shape index (κ1) is 14.9. The Hall–Kier alpha value is -0.200. The number of aliphatic hydroxyl groups excluding tert-OH is 4. The van der Waals surface area contributed by atoms with Gasteiger partial charge in [-0.3, -0.25) is 4.90 Å². The molecule has 1 heterocycles. The minimum atomic E-state index is -1.16. The SMILES string of the molecule is CCCC(CC)N1C[C@H](O)[C@@H](O)[C@H](O)[C@H]1CO. The van der Waals surface area contributed by atoms with Gasteiger partial charge in [0.15, 0.2) is 0 Å². The molecular formula is C12H25NO4. The minimum Gasteiger partial charge on any atom is -0.395 e. The van der Waals surface area contributed by atoms with E-state index in [1.54, 1.807) is 0 Å². The standard InChI is InChI=1S/C12H25NO4/c1-3-5-8(4-2)13-6-10(15)12(17)11(16)9(13)7-14/h8-12,14-17H,3-7H2,1-2H3/t8?,9-,10+,11-,12-/m1/s1. The van der Waals surface area contributed by atoms with Gasteiger partial charge in [0.05, 0.1) is 18.8 Å². The van der Waals surface area contributed by atoms with Crippen molar-refractivity contribution in [2.45, 2.75) is 63.5 Å². The van der Waals surface area contributed by atoms with E-state index in [1.165, 1.54) is 0 Å². The molecule has 5 atom stereocenters. The van der Waals surface area contributed by atoms with Crippen LogP contribution >= 0.6 is 0 Å². The molecule has 0 saturated carbocycles. The maximum absolute atomic E-state index is 9.88. The van der Waals surface area contributed by atoms with Crippen molar-refractivity contribution in [3.63, 3.8) is 0 Å². The predicted molar refractivity (Wildman–Crippen MR) is 64.6 cm³/mol. The molecule has 1 fully saturated rings. The predicted octanol–water partition coefficient (Wildman–Crippen LogP) is -0.676. The van der Waals surface area contributed by atoms with Crippen molar-refractivity contribution < 1.29 is 20.4 Å². The third kappa shape index (κ3) is 3.17. The zero-order valence-electron chi connectivity index (χ0n) is 10.7. The van der Waals surface area contributed by atoms with Crippen LogP contribution in [0.3, 0.4) is 0 Å². The summed E-state index contributed by atoms with van der Waals surface area (Å²) >= 11 is 0. The second kappa shape index (κ2) is 6.66. The van der Waals surface area contributed by atoms with Gasteiger partial charge < -0.3 is 20.4 Å². The molecule has 5 heteroatoms. The number of hydrogen-bond acceptors (Lipinski definition) is 5. The van der Waals surface area contributed by atoms with Crippen LogP contribution in [0.4, 0.5) is 0 Å². The Balaban J connectivity index is 2.80. The Morgan fingerprint density at radius 2 is 1.82 bits per heavy atom. The first-order valence-corrected chi connectivity index (χ1v) is 6.47.